The fourth-order valence-electron chi connectivity index (χ4n) is 1.54. The van der Waals surface area contributed by atoms with Gasteiger partial charge in [-0.3, -0.25) is 9.78 Å². The number of anilines is 1. The Hall–Kier alpha value is -2.47. The van der Waals surface area contributed by atoms with Crippen LogP contribution in [0.4, 0.5) is 10.1 Å². The predicted octanol–water partition coefficient (Wildman–Crippen LogP) is 2.82. The molecule has 5 nitrogen and oxygen atoms in total. The Labute approximate surface area is 118 Å². The Morgan fingerprint density at radius 1 is 1.25 bits per heavy atom. The molecule has 7 heteroatoms. The Morgan fingerprint density at radius 3 is 2.65 bits per heavy atom. The first-order valence-corrected chi connectivity index (χ1v) is 5.80. The topological polar surface area (TPSA) is 79.3 Å². The molecule has 2 aromatic rings. The fraction of sp³-hybridized carbons (Fsp3) is 0. The molecule has 0 saturated heterocycles. The Morgan fingerprint density at radius 2 is 2.00 bits per heavy atom. The molecule has 0 spiro atoms. The van der Waals surface area contributed by atoms with E-state index in [-0.39, 0.29) is 21.8 Å². The van der Waals surface area contributed by atoms with Crippen molar-refractivity contribution < 1.29 is 19.1 Å². The molecular weight excluding hydrogens is 287 g/mol. The minimum Gasteiger partial charge on any atom is -0.478 e. The predicted molar refractivity (Wildman–Crippen MR) is 70.6 cm³/mol. The van der Waals surface area contributed by atoms with Gasteiger partial charge in [-0.15, -0.1) is 0 Å². The number of hydrogen-bond acceptors (Lipinski definition) is 3. The van der Waals surface area contributed by atoms with Crippen molar-refractivity contribution >= 4 is 29.2 Å². The molecule has 0 unspecified atom stereocenters. The van der Waals surface area contributed by atoms with E-state index in [1.165, 1.54) is 24.4 Å². The second-order valence-electron chi connectivity index (χ2n) is 3.84. The normalized spacial score (nSPS) is 10.1. The van der Waals surface area contributed by atoms with Crippen LogP contribution in [-0.2, 0) is 0 Å². The summed E-state index contributed by atoms with van der Waals surface area (Å²) in [7, 11) is 0. The third kappa shape index (κ3) is 3.10. The van der Waals surface area contributed by atoms with Gasteiger partial charge in [-0.05, 0) is 24.3 Å². The molecule has 1 heterocycles. The van der Waals surface area contributed by atoms with Crippen LogP contribution >= 0.6 is 11.6 Å². The lowest BCUT2D eigenvalue weighted by atomic mass is 10.1. The number of nitrogens with one attached hydrogen (secondary N) is 1. The molecule has 2 N–H and O–H groups in total. The van der Waals surface area contributed by atoms with Crippen molar-refractivity contribution in [3.05, 3.63) is 58.6 Å². The van der Waals surface area contributed by atoms with Gasteiger partial charge in [0.25, 0.3) is 5.91 Å². The van der Waals surface area contributed by atoms with Gasteiger partial charge in [0.2, 0.25) is 0 Å². The van der Waals surface area contributed by atoms with Crippen LogP contribution in [0.5, 0.6) is 0 Å². The zero-order valence-electron chi connectivity index (χ0n) is 9.93. The number of amides is 1. The molecule has 0 aliphatic heterocycles. The summed E-state index contributed by atoms with van der Waals surface area (Å²) in [6.45, 7) is 0. The largest absolute Gasteiger partial charge is 0.478 e. The van der Waals surface area contributed by atoms with Crippen LogP contribution in [0.25, 0.3) is 0 Å². The van der Waals surface area contributed by atoms with E-state index in [0.29, 0.717) is 0 Å². The first-order chi connectivity index (χ1) is 9.47. The van der Waals surface area contributed by atoms with Gasteiger partial charge in [0.05, 0.1) is 23.0 Å². The highest BCUT2D eigenvalue weighted by molar-refractivity contribution is 6.31. The smallest absolute Gasteiger partial charge is 0.337 e. The Balaban J connectivity index is 2.32. The molecular formula is C13H8ClFN2O3. The number of carboxylic acid groups (broad SMARTS) is 1. The molecule has 0 fully saturated rings. The van der Waals surface area contributed by atoms with Crippen molar-refractivity contribution in [3.8, 4) is 0 Å². The number of nitrogens with zero attached hydrogens (tertiary/aromatic N) is 1. The zero-order valence-corrected chi connectivity index (χ0v) is 10.7. The number of benzene rings is 1. The van der Waals surface area contributed by atoms with Gasteiger partial charge < -0.3 is 10.4 Å². The van der Waals surface area contributed by atoms with Gasteiger partial charge in [-0.25, -0.2) is 9.18 Å². The van der Waals surface area contributed by atoms with Crippen LogP contribution in [0.2, 0.25) is 5.02 Å². The highest BCUT2D eigenvalue weighted by Gasteiger charge is 2.14. The number of carboxylic acids is 1. The molecule has 2 rings (SSSR count). The van der Waals surface area contributed by atoms with E-state index in [0.717, 1.165) is 12.3 Å². The van der Waals surface area contributed by atoms with E-state index in [2.05, 4.69) is 10.3 Å². The Kier molecular flexibility index (Phi) is 3.95. The summed E-state index contributed by atoms with van der Waals surface area (Å²) in [5.74, 6) is -2.56. The van der Waals surface area contributed by atoms with E-state index in [1.54, 1.807) is 0 Å². The second-order valence-corrected chi connectivity index (χ2v) is 4.28. The van der Waals surface area contributed by atoms with Crippen molar-refractivity contribution in [3.63, 3.8) is 0 Å². The third-order valence-electron chi connectivity index (χ3n) is 2.43. The summed E-state index contributed by atoms with van der Waals surface area (Å²) < 4.78 is 13.0. The molecule has 0 bridgehead atoms. The fourth-order valence-corrected chi connectivity index (χ4v) is 1.71. The highest BCUT2D eigenvalue weighted by atomic mass is 35.5. The maximum absolute atomic E-state index is 13.0. The van der Waals surface area contributed by atoms with Gasteiger partial charge >= 0.3 is 5.97 Å². The van der Waals surface area contributed by atoms with Crippen molar-refractivity contribution in [1.82, 2.24) is 4.98 Å². The average molecular weight is 295 g/mol. The number of pyridine rings is 1. The molecule has 0 radical (unpaired) electrons. The van der Waals surface area contributed by atoms with Crippen molar-refractivity contribution in [2.24, 2.45) is 0 Å². The van der Waals surface area contributed by atoms with E-state index >= 15 is 0 Å². The SMILES string of the molecule is O=C(Nc1cc(Cl)ccc1C(=O)O)c1cncc(F)c1. The van der Waals surface area contributed by atoms with E-state index < -0.39 is 17.7 Å². The number of rotatable bonds is 3. The summed E-state index contributed by atoms with van der Waals surface area (Å²) in [6, 6.07) is 4.96. The van der Waals surface area contributed by atoms with E-state index in [9.17, 15) is 14.0 Å². The number of carbonyl (C=O) groups excluding carboxylic acids is 1. The molecule has 0 aliphatic rings. The molecule has 102 valence electrons. The first-order valence-electron chi connectivity index (χ1n) is 5.42. The molecule has 1 amide bonds. The lowest BCUT2D eigenvalue weighted by Gasteiger charge is -2.08. The average Bonchev–Trinajstić information content (AvgIpc) is 2.38. The van der Waals surface area contributed by atoms with E-state index in [4.69, 9.17) is 16.7 Å². The van der Waals surface area contributed by atoms with Crippen molar-refractivity contribution in [2.45, 2.75) is 0 Å². The standard InChI is InChI=1S/C13H8ClFN2O3/c14-8-1-2-10(13(19)20)11(4-8)17-12(18)7-3-9(15)6-16-5-7/h1-6H,(H,17,18)(H,19,20). The number of aromatic carboxylic acids is 1. The minimum absolute atomic E-state index is 0.0266. The molecule has 0 aliphatic carbocycles. The van der Waals surface area contributed by atoms with Crippen LogP contribution in [0.3, 0.4) is 0 Å². The molecule has 0 atom stereocenters. The summed E-state index contributed by atoms with van der Waals surface area (Å²) in [4.78, 5) is 26.5. The van der Waals surface area contributed by atoms with Crippen LogP contribution in [0, 0.1) is 5.82 Å². The van der Waals surface area contributed by atoms with Crippen LogP contribution < -0.4 is 5.32 Å². The number of hydrogen-bond donors (Lipinski definition) is 2. The Bertz CT molecular complexity index is 691. The quantitative estimate of drug-likeness (QED) is 0.912. The molecule has 1 aromatic heterocycles. The molecule has 1 aromatic carbocycles. The van der Waals surface area contributed by atoms with Gasteiger partial charge in [0.15, 0.2) is 0 Å². The lowest BCUT2D eigenvalue weighted by molar-refractivity contribution is 0.0698. The molecule has 20 heavy (non-hydrogen) atoms. The third-order valence-corrected chi connectivity index (χ3v) is 2.66. The number of halogens is 2. The minimum atomic E-state index is -1.21. The second kappa shape index (κ2) is 5.66. The van der Waals surface area contributed by atoms with Crippen molar-refractivity contribution in [2.75, 3.05) is 5.32 Å². The monoisotopic (exact) mass is 294 g/mol. The van der Waals surface area contributed by atoms with Crippen molar-refractivity contribution in [1.29, 1.82) is 0 Å². The number of carbonyl (C=O) groups is 2. The summed E-state index contributed by atoms with van der Waals surface area (Å²) in [6.07, 6.45) is 2.13. The lowest BCUT2D eigenvalue weighted by Crippen LogP contribution is -2.15. The first kappa shape index (κ1) is 14.0. The molecule has 0 saturated carbocycles. The van der Waals surface area contributed by atoms with Gasteiger partial charge in [-0.1, -0.05) is 11.6 Å². The summed E-state index contributed by atoms with van der Waals surface area (Å²) in [5, 5.41) is 11.6. The highest BCUT2D eigenvalue weighted by Crippen LogP contribution is 2.21. The van der Waals surface area contributed by atoms with Gasteiger partial charge in [0, 0.05) is 11.2 Å². The summed E-state index contributed by atoms with van der Waals surface area (Å²) in [5.41, 5.74) is -0.118. The number of aromatic nitrogens is 1. The summed E-state index contributed by atoms with van der Waals surface area (Å²) >= 11 is 5.76. The van der Waals surface area contributed by atoms with Crippen LogP contribution in [0.1, 0.15) is 20.7 Å². The van der Waals surface area contributed by atoms with E-state index in [1.807, 2.05) is 0 Å². The van der Waals surface area contributed by atoms with Gasteiger partial charge in [-0.2, -0.15) is 0 Å². The maximum Gasteiger partial charge on any atom is 0.337 e. The van der Waals surface area contributed by atoms with Gasteiger partial charge in [0.1, 0.15) is 5.82 Å². The maximum atomic E-state index is 13.0. The van der Waals surface area contributed by atoms with Crippen LogP contribution in [-0.4, -0.2) is 22.0 Å². The van der Waals surface area contributed by atoms with Crippen LogP contribution in [0.15, 0.2) is 36.7 Å². The zero-order chi connectivity index (χ0) is 14.7.